The van der Waals surface area contributed by atoms with Gasteiger partial charge in [-0.3, -0.25) is 19.2 Å². The van der Waals surface area contributed by atoms with Gasteiger partial charge in [-0.1, -0.05) is 12.1 Å². The molecule has 8 nitrogen and oxygen atoms in total. The number of anilines is 1. The minimum absolute atomic E-state index is 0.0708. The first-order chi connectivity index (χ1) is 15.5. The van der Waals surface area contributed by atoms with E-state index in [4.69, 9.17) is 0 Å². The van der Waals surface area contributed by atoms with Gasteiger partial charge in [0.1, 0.15) is 0 Å². The van der Waals surface area contributed by atoms with Crippen molar-refractivity contribution in [3.63, 3.8) is 0 Å². The highest BCUT2D eigenvalue weighted by Crippen LogP contribution is 2.21. The quantitative estimate of drug-likeness (QED) is 0.748. The second kappa shape index (κ2) is 9.64. The molecule has 2 N–H and O–H groups in total. The van der Waals surface area contributed by atoms with Gasteiger partial charge in [-0.2, -0.15) is 0 Å². The topological polar surface area (TPSA) is 98.8 Å². The fraction of sp³-hybridized carbons (Fsp3) is 0.333. The van der Waals surface area contributed by atoms with Gasteiger partial charge in [0.15, 0.2) is 0 Å². The Morgan fingerprint density at radius 1 is 0.906 bits per heavy atom. The number of nitrogens with zero attached hydrogens (tertiary/aromatic N) is 2. The van der Waals surface area contributed by atoms with E-state index >= 15 is 0 Å². The van der Waals surface area contributed by atoms with Crippen LogP contribution in [0.25, 0.3) is 0 Å². The average Bonchev–Trinajstić information content (AvgIpc) is 2.83. The van der Waals surface area contributed by atoms with Gasteiger partial charge in [0.25, 0.3) is 11.8 Å². The Kier molecular flexibility index (Phi) is 6.49. The van der Waals surface area contributed by atoms with Gasteiger partial charge < -0.3 is 20.4 Å². The summed E-state index contributed by atoms with van der Waals surface area (Å²) < 4.78 is 0. The number of carbonyl (C=O) groups is 4. The molecule has 2 fully saturated rings. The fourth-order valence-corrected chi connectivity index (χ4v) is 3.92. The number of benzene rings is 2. The predicted octanol–water partition coefficient (Wildman–Crippen LogP) is 1.71. The smallest absolute Gasteiger partial charge is 0.254 e. The monoisotopic (exact) mass is 434 g/mol. The van der Waals surface area contributed by atoms with E-state index in [1.165, 1.54) is 4.90 Å². The molecule has 2 aromatic rings. The number of hydrogen-bond donors (Lipinski definition) is 2. The van der Waals surface area contributed by atoms with E-state index in [1.807, 2.05) is 0 Å². The van der Waals surface area contributed by atoms with Crippen molar-refractivity contribution >= 4 is 29.3 Å². The van der Waals surface area contributed by atoms with Crippen molar-refractivity contribution in [2.45, 2.75) is 25.8 Å². The molecule has 2 saturated heterocycles. The molecule has 0 radical (unpaired) electrons. The Morgan fingerprint density at radius 3 is 2.31 bits per heavy atom. The summed E-state index contributed by atoms with van der Waals surface area (Å²) in [6.07, 6.45) is 2.49. The molecule has 0 unspecified atom stereocenters. The first-order valence-electron chi connectivity index (χ1n) is 10.8. The van der Waals surface area contributed by atoms with Crippen molar-refractivity contribution in [1.29, 1.82) is 0 Å². The van der Waals surface area contributed by atoms with E-state index in [-0.39, 0.29) is 30.2 Å². The van der Waals surface area contributed by atoms with Crippen molar-refractivity contribution < 1.29 is 19.2 Å². The van der Waals surface area contributed by atoms with Gasteiger partial charge >= 0.3 is 0 Å². The molecule has 4 rings (SSSR count). The number of carbonyl (C=O) groups excluding carboxylic acids is 4. The van der Waals surface area contributed by atoms with Crippen molar-refractivity contribution in [3.05, 3.63) is 65.2 Å². The standard InChI is InChI=1S/C24H26N4O4/c29-21-16-27(14-12-25-21)24(32)19-6-4-17(5-7-19)15-26-23(31)18-8-10-20(11-9-18)28-13-2-1-3-22(28)30/h4-11H,1-3,12-16H2,(H,25,29)(H,26,31). The minimum Gasteiger partial charge on any atom is -0.353 e. The number of piperidine rings is 1. The third-order valence-corrected chi connectivity index (χ3v) is 5.74. The first-order valence-corrected chi connectivity index (χ1v) is 10.8. The van der Waals surface area contributed by atoms with Crippen LogP contribution in [-0.2, 0) is 16.1 Å². The Balaban J connectivity index is 1.31. The second-order valence-corrected chi connectivity index (χ2v) is 8.01. The van der Waals surface area contributed by atoms with Crippen LogP contribution in [0.5, 0.6) is 0 Å². The number of piperazine rings is 1. The lowest BCUT2D eigenvalue weighted by Crippen LogP contribution is -2.49. The van der Waals surface area contributed by atoms with E-state index in [9.17, 15) is 19.2 Å². The van der Waals surface area contributed by atoms with Gasteiger partial charge in [0, 0.05) is 49.4 Å². The lowest BCUT2D eigenvalue weighted by Gasteiger charge is -2.26. The van der Waals surface area contributed by atoms with Crippen LogP contribution in [-0.4, -0.2) is 54.7 Å². The first kappa shape index (κ1) is 21.5. The van der Waals surface area contributed by atoms with Crippen LogP contribution in [0.15, 0.2) is 48.5 Å². The summed E-state index contributed by atoms with van der Waals surface area (Å²) in [5, 5.41) is 5.57. The molecule has 0 saturated carbocycles. The predicted molar refractivity (Wildman–Crippen MR) is 119 cm³/mol. The molecule has 0 aromatic heterocycles. The molecule has 0 bridgehead atoms. The highest BCUT2D eigenvalue weighted by atomic mass is 16.2. The zero-order valence-corrected chi connectivity index (χ0v) is 17.8. The summed E-state index contributed by atoms with van der Waals surface area (Å²) in [4.78, 5) is 51.8. The van der Waals surface area contributed by atoms with Crippen LogP contribution in [0.1, 0.15) is 45.5 Å². The van der Waals surface area contributed by atoms with Crippen LogP contribution in [0, 0.1) is 0 Å². The highest BCUT2D eigenvalue weighted by Gasteiger charge is 2.22. The SMILES string of the molecule is O=C1CN(C(=O)c2ccc(CNC(=O)c3ccc(N4CCCCC4=O)cc3)cc2)CCN1. The third kappa shape index (κ3) is 4.96. The van der Waals surface area contributed by atoms with E-state index in [0.29, 0.717) is 43.7 Å². The maximum Gasteiger partial charge on any atom is 0.254 e. The normalized spacial score (nSPS) is 16.5. The largest absolute Gasteiger partial charge is 0.353 e. The zero-order chi connectivity index (χ0) is 22.5. The molecule has 0 atom stereocenters. The molecule has 166 valence electrons. The average molecular weight is 434 g/mol. The molecule has 2 heterocycles. The van der Waals surface area contributed by atoms with E-state index in [0.717, 1.165) is 24.1 Å². The van der Waals surface area contributed by atoms with Gasteiger partial charge in [-0.15, -0.1) is 0 Å². The molecule has 2 aromatic carbocycles. The van der Waals surface area contributed by atoms with Gasteiger partial charge in [0.2, 0.25) is 11.8 Å². The molecule has 0 aliphatic carbocycles. The molecular formula is C24H26N4O4. The summed E-state index contributed by atoms with van der Waals surface area (Å²) in [7, 11) is 0. The summed E-state index contributed by atoms with van der Waals surface area (Å²) in [6, 6.07) is 14.1. The minimum atomic E-state index is -0.207. The van der Waals surface area contributed by atoms with Crippen molar-refractivity contribution in [1.82, 2.24) is 15.5 Å². The van der Waals surface area contributed by atoms with Crippen molar-refractivity contribution in [2.24, 2.45) is 0 Å². The van der Waals surface area contributed by atoms with E-state index < -0.39 is 0 Å². The van der Waals surface area contributed by atoms with Gasteiger partial charge in [-0.05, 0) is 54.8 Å². The number of amides is 4. The molecule has 8 heteroatoms. The Bertz CT molecular complexity index is 1020. The Hall–Kier alpha value is -3.68. The second-order valence-electron chi connectivity index (χ2n) is 8.01. The van der Waals surface area contributed by atoms with Gasteiger partial charge in [0.05, 0.1) is 6.54 Å². The summed E-state index contributed by atoms with van der Waals surface area (Å²) in [6.45, 7) is 2.07. The third-order valence-electron chi connectivity index (χ3n) is 5.74. The molecule has 2 aliphatic heterocycles. The number of nitrogens with one attached hydrogen (secondary N) is 2. The lowest BCUT2D eigenvalue weighted by molar-refractivity contribution is -0.123. The van der Waals surface area contributed by atoms with Crippen LogP contribution >= 0.6 is 0 Å². The van der Waals surface area contributed by atoms with Crippen LogP contribution < -0.4 is 15.5 Å². The van der Waals surface area contributed by atoms with E-state index in [2.05, 4.69) is 10.6 Å². The molecule has 32 heavy (non-hydrogen) atoms. The van der Waals surface area contributed by atoms with Crippen LogP contribution in [0.4, 0.5) is 5.69 Å². The van der Waals surface area contributed by atoms with Crippen molar-refractivity contribution in [3.8, 4) is 0 Å². The lowest BCUT2D eigenvalue weighted by atomic mass is 10.1. The highest BCUT2D eigenvalue weighted by molar-refractivity contribution is 5.98. The summed E-state index contributed by atoms with van der Waals surface area (Å²) in [5.74, 6) is -0.415. The number of hydrogen-bond acceptors (Lipinski definition) is 4. The van der Waals surface area contributed by atoms with Crippen LogP contribution in [0.2, 0.25) is 0 Å². The Morgan fingerprint density at radius 2 is 1.62 bits per heavy atom. The van der Waals surface area contributed by atoms with Gasteiger partial charge in [-0.25, -0.2) is 0 Å². The zero-order valence-electron chi connectivity index (χ0n) is 17.8. The van der Waals surface area contributed by atoms with E-state index in [1.54, 1.807) is 53.4 Å². The van der Waals surface area contributed by atoms with Crippen molar-refractivity contribution in [2.75, 3.05) is 31.1 Å². The molecule has 2 aliphatic rings. The maximum absolute atomic E-state index is 12.5. The molecule has 4 amide bonds. The fourth-order valence-electron chi connectivity index (χ4n) is 3.92. The summed E-state index contributed by atoms with van der Waals surface area (Å²) >= 11 is 0. The molecular weight excluding hydrogens is 408 g/mol. The Labute approximate surface area is 186 Å². The number of rotatable bonds is 5. The van der Waals surface area contributed by atoms with Crippen LogP contribution in [0.3, 0.4) is 0 Å². The summed E-state index contributed by atoms with van der Waals surface area (Å²) in [5.41, 5.74) is 2.71. The maximum atomic E-state index is 12.5. The molecule has 0 spiro atoms.